The Balaban J connectivity index is 1.68. The summed E-state index contributed by atoms with van der Waals surface area (Å²) in [6.45, 7) is 0.684. The van der Waals surface area contributed by atoms with Crippen molar-refractivity contribution in [2.45, 2.75) is 37.4 Å². The van der Waals surface area contributed by atoms with E-state index in [1.807, 2.05) is 0 Å². The van der Waals surface area contributed by atoms with Crippen molar-refractivity contribution in [1.82, 2.24) is 14.9 Å². The Morgan fingerprint density at radius 1 is 1.17 bits per heavy atom. The topological polar surface area (TPSA) is 47.5 Å². The van der Waals surface area contributed by atoms with Gasteiger partial charge in [-0.05, 0) is 60.8 Å². The van der Waals surface area contributed by atoms with Crippen LogP contribution in [0.3, 0.4) is 0 Å². The highest BCUT2D eigenvalue weighted by Crippen LogP contribution is 2.40. The summed E-state index contributed by atoms with van der Waals surface area (Å²) >= 11 is 8.96. The highest BCUT2D eigenvalue weighted by Gasteiger charge is 2.45. The Morgan fingerprint density at radius 3 is 2.52 bits per heavy atom. The molecule has 0 spiro atoms. The molecule has 0 amide bonds. The van der Waals surface area contributed by atoms with Gasteiger partial charge in [-0.15, -0.1) is 0 Å². The van der Waals surface area contributed by atoms with Gasteiger partial charge in [0.15, 0.2) is 12.4 Å². The van der Waals surface area contributed by atoms with Gasteiger partial charge in [-0.25, -0.2) is 4.39 Å². The van der Waals surface area contributed by atoms with E-state index in [-0.39, 0.29) is 38.6 Å². The number of fused-ring (bicyclic) bond motifs is 2. The van der Waals surface area contributed by atoms with Gasteiger partial charge in [-0.2, -0.15) is 23.1 Å². The zero-order chi connectivity index (χ0) is 20.8. The van der Waals surface area contributed by atoms with E-state index in [1.54, 1.807) is 0 Å². The summed E-state index contributed by atoms with van der Waals surface area (Å²) in [6, 6.07) is 1.03. The molecule has 158 valence electrons. The molecule has 4 rings (SSSR count). The van der Waals surface area contributed by atoms with Crippen LogP contribution in [-0.2, 0) is 0 Å². The zero-order valence-electron chi connectivity index (χ0n) is 15.2. The molecule has 5 nitrogen and oxygen atoms in total. The molecule has 1 aromatic heterocycles. The number of nitrogens with zero attached hydrogens (tertiary/aromatic N) is 3. The lowest BCUT2D eigenvalue weighted by Gasteiger charge is -2.31. The van der Waals surface area contributed by atoms with Crippen LogP contribution in [0.5, 0.6) is 11.9 Å². The van der Waals surface area contributed by atoms with E-state index in [4.69, 9.17) is 21.1 Å². The van der Waals surface area contributed by atoms with Crippen molar-refractivity contribution in [2.75, 3.05) is 26.3 Å². The number of ether oxygens (including phenoxy) is 2. The lowest BCUT2D eigenvalue weighted by atomic mass is 9.95. The summed E-state index contributed by atoms with van der Waals surface area (Å²) in [4.78, 5) is 10.4. The van der Waals surface area contributed by atoms with Crippen molar-refractivity contribution in [1.29, 1.82) is 0 Å². The molecule has 11 heteroatoms. The van der Waals surface area contributed by atoms with E-state index in [0.717, 1.165) is 38.8 Å². The number of rotatable bonds is 5. The molecule has 1 aromatic carbocycles. The van der Waals surface area contributed by atoms with Gasteiger partial charge < -0.3 is 9.47 Å². The summed E-state index contributed by atoms with van der Waals surface area (Å²) in [5.74, 6) is -1.25. The minimum atomic E-state index is -4.58. The predicted octanol–water partition coefficient (Wildman–Crippen LogP) is 5.13. The summed E-state index contributed by atoms with van der Waals surface area (Å²) in [7, 11) is 0. The van der Waals surface area contributed by atoms with E-state index in [1.165, 1.54) is 6.07 Å². The van der Waals surface area contributed by atoms with Gasteiger partial charge in [0, 0.05) is 0 Å². The second-order valence-electron chi connectivity index (χ2n) is 7.30. The largest absolute Gasteiger partial charge is 0.467 e. The normalized spacial score (nSPS) is 19.0. The maximum atomic E-state index is 14.7. The van der Waals surface area contributed by atoms with E-state index in [9.17, 15) is 17.6 Å². The molecule has 0 aliphatic carbocycles. The van der Waals surface area contributed by atoms with Crippen LogP contribution < -0.4 is 9.47 Å². The molecule has 29 heavy (non-hydrogen) atoms. The molecule has 2 saturated heterocycles. The van der Waals surface area contributed by atoms with Crippen LogP contribution in [0, 0.1) is 5.82 Å². The molecule has 0 radical (unpaired) electrons. The standard InChI is InChI=1S/C18H17BrClF4N3O2/c19-12-11(20)7-10-14(13(12)21)25-16(26-15(10)28-9-18(22,23)24)29-8-17-3-1-5-27(17)6-2-4-17/h7H,1-6,8-9H2. The highest BCUT2D eigenvalue weighted by molar-refractivity contribution is 9.10. The van der Waals surface area contributed by atoms with Crippen molar-refractivity contribution in [3.8, 4) is 11.9 Å². The first-order valence-electron chi connectivity index (χ1n) is 9.11. The van der Waals surface area contributed by atoms with Gasteiger partial charge in [0.1, 0.15) is 12.1 Å². The first kappa shape index (κ1) is 20.9. The molecular formula is C18H17BrClF4N3O2. The number of aromatic nitrogens is 2. The fourth-order valence-electron chi connectivity index (χ4n) is 4.11. The maximum Gasteiger partial charge on any atom is 0.422 e. The van der Waals surface area contributed by atoms with Crippen LogP contribution >= 0.6 is 27.5 Å². The van der Waals surface area contributed by atoms with Gasteiger partial charge in [0.05, 0.1) is 20.4 Å². The molecule has 0 unspecified atom stereocenters. The number of halogens is 6. The minimum absolute atomic E-state index is 0.0319. The van der Waals surface area contributed by atoms with Gasteiger partial charge in [-0.3, -0.25) is 4.90 Å². The third-order valence-corrected chi connectivity index (χ3v) is 6.73. The molecular weight excluding hydrogens is 482 g/mol. The number of hydrogen-bond acceptors (Lipinski definition) is 5. The first-order valence-corrected chi connectivity index (χ1v) is 10.3. The van der Waals surface area contributed by atoms with E-state index in [2.05, 4.69) is 30.8 Å². The average Bonchev–Trinajstić information content (AvgIpc) is 3.23. The molecule has 2 fully saturated rings. The van der Waals surface area contributed by atoms with Crippen LogP contribution in [-0.4, -0.2) is 52.9 Å². The van der Waals surface area contributed by atoms with Crippen molar-refractivity contribution < 1.29 is 27.0 Å². The van der Waals surface area contributed by atoms with E-state index in [0.29, 0.717) is 0 Å². The number of benzene rings is 1. The highest BCUT2D eigenvalue weighted by atomic mass is 79.9. The van der Waals surface area contributed by atoms with Crippen LogP contribution in [0.2, 0.25) is 5.02 Å². The Morgan fingerprint density at radius 2 is 1.86 bits per heavy atom. The van der Waals surface area contributed by atoms with Gasteiger partial charge in [0.2, 0.25) is 5.88 Å². The van der Waals surface area contributed by atoms with Crippen LogP contribution in [0.1, 0.15) is 25.7 Å². The summed E-state index contributed by atoms with van der Waals surface area (Å²) < 4.78 is 63.2. The molecule has 2 aromatic rings. The van der Waals surface area contributed by atoms with Gasteiger partial charge in [-0.1, -0.05) is 11.6 Å². The van der Waals surface area contributed by atoms with Gasteiger partial charge in [0.25, 0.3) is 0 Å². The summed E-state index contributed by atoms with van der Waals surface area (Å²) in [5.41, 5.74) is -0.347. The zero-order valence-corrected chi connectivity index (χ0v) is 17.5. The molecule has 2 aliphatic rings. The smallest absolute Gasteiger partial charge is 0.422 e. The predicted molar refractivity (Wildman–Crippen MR) is 102 cm³/mol. The Bertz CT molecular complexity index is 934. The lowest BCUT2D eigenvalue weighted by Crippen LogP contribution is -2.43. The maximum absolute atomic E-state index is 14.7. The van der Waals surface area contributed by atoms with Crippen molar-refractivity contribution in [3.63, 3.8) is 0 Å². The SMILES string of the molecule is Fc1c(Br)c(Cl)cc2c(OCC(F)(F)F)nc(OCC34CCCN3CCC4)nc12. The molecule has 0 bridgehead atoms. The second kappa shape index (κ2) is 7.70. The number of hydrogen-bond donors (Lipinski definition) is 0. The fraction of sp³-hybridized carbons (Fsp3) is 0.556. The van der Waals surface area contributed by atoms with Crippen molar-refractivity contribution >= 4 is 38.4 Å². The average molecular weight is 499 g/mol. The fourth-order valence-corrected chi connectivity index (χ4v) is 4.60. The molecule has 0 atom stereocenters. The Labute approximate surface area is 177 Å². The van der Waals surface area contributed by atoms with Crippen LogP contribution in [0.4, 0.5) is 17.6 Å². The van der Waals surface area contributed by atoms with E-state index >= 15 is 0 Å². The lowest BCUT2D eigenvalue weighted by molar-refractivity contribution is -0.153. The van der Waals surface area contributed by atoms with E-state index < -0.39 is 24.5 Å². The quantitative estimate of drug-likeness (QED) is 0.422. The monoisotopic (exact) mass is 497 g/mol. The van der Waals surface area contributed by atoms with Gasteiger partial charge >= 0.3 is 12.2 Å². The number of alkyl halides is 3. The third-order valence-electron chi connectivity index (χ3n) is 5.43. The third kappa shape index (κ3) is 4.11. The van der Waals surface area contributed by atoms with Crippen LogP contribution in [0.15, 0.2) is 10.5 Å². The molecule has 3 heterocycles. The minimum Gasteiger partial charge on any atom is -0.467 e. The molecule has 0 saturated carbocycles. The molecule has 0 N–H and O–H groups in total. The van der Waals surface area contributed by atoms with Crippen molar-refractivity contribution in [3.05, 3.63) is 21.4 Å². The second-order valence-corrected chi connectivity index (χ2v) is 8.51. The van der Waals surface area contributed by atoms with Crippen LogP contribution in [0.25, 0.3) is 10.9 Å². The Kier molecular flexibility index (Phi) is 5.54. The summed E-state index contributed by atoms with van der Waals surface area (Å²) in [5, 5.41) is -0.0932. The van der Waals surface area contributed by atoms with Crippen molar-refractivity contribution in [2.24, 2.45) is 0 Å². The summed E-state index contributed by atoms with van der Waals surface area (Å²) in [6.07, 6.45) is -0.534. The first-order chi connectivity index (χ1) is 13.7. The Hall–Kier alpha value is -1.39. The molecule has 2 aliphatic heterocycles.